The monoisotopic (exact) mass is 291 g/mol. The second-order valence-corrected chi connectivity index (χ2v) is 5.03. The van der Waals surface area contributed by atoms with Gasteiger partial charge in [-0.1, -0.05) is 6.07 Å². The SMILES string of the molecule is COc1cccc2nc(I)sc12. The highest BCUT2D eigenvalue weighted by molar-refractivity contribution is 14.1. The lowest BCUT2D eigenvalue weighted by Crippen LogP contribution is -1.81. The molecule has 0 N–H and O–H groups in total. The summed E-state index contributed by atoms with van der Waals surface area (Å²) in [5.41, 5.74) is 1.02. The van der Waals surface area contributed by atoms with Gasteiger partial charge in [-0.3, -0.25) is 0 Å². The summed E-state index contributed by atoms with van der Waals surface area (Å²) in [6.45, 7) is 0. The number of fused-ring (bicyclic) bond motifs is 1. The molecular formula is C8H6INOS. The lowest BCUT2D eigenvalue weighted by atomic mass is 10.3. The molecular weight excluding hydrogens is 285 g/mol. The molecule has 1 aromatic heterocycles. The Labute approximate surface area is 87.7 Å². The molecule has 62 valence electrons. The van der Waals surface area contributed by atoms with Crippen LogP contribution < -0.4 is 4.74 Å². The van der Waals surface area contributed by atoms with Gasteiger partial charge < -0.3 is 4.74 Å². The predicted molar refractivity (Wildman–Crippen MR) is 58.9 cm³/mol. The van der Waals surface area contributed by atoms with Crippen molar-refractivity contribution in [3.05, 3.63) is 21.2 Å². The molecule has 2 rings (SSSR count). The molecule has 0 saturated heterocycles. The molecule has 4 heteroatoms. The van der Waals surface area contributed by atoms with E-state index in [9.17, 15) is 0 Å². The Morgan fingerprint density at radius 2 is 2.33 bits per heavy atom. The molecule has 2 nitrogen and oxygen atoms in total. The average Bonchev–Trinajstić information content (AvgIpc) is 2.44. The zero-order chi connectivity index (χ0) is 8.55. The van der Waals surface area contributed by atoms with E-state index in [0.29, 0.717) is 0 Å². The zero-order valence-electron chi connectivity index (χ0n) is 6.37. The fourth-order valence-electron chi connectivity index (χ4n) is 1.06. The number of rotatable bonds is 1. The van der Waals surface area contributed by atoms with E-state index in [2.05, 4.69) is 27.6 Å². The minimum Gasteiger partial charge on any atom is -0.495 e. The molecule has 0 unspecified atom stereocenters. The molecule has 0 spiro atoms. The van der Waals surface area contributed by atoms with Gasteiger partial charge in [-0.25, -0.2) is 4.98 Å². The summed E-state index contributed by atoms with van der Waals surface area (Å²) in [7, 11) is 1.68. The highest BCUT2D eigenvalue weighted by Crippen LogP contribution is 2.31. The van der Waals surface area contributed by atoms with Crippen molar-refractivity contribution in [2.45, 2.75) is 0 Å². The third kappa shape index (κ3) is 1.29. The van der Waals surface area contributed by atoms with E-state index in [4.69, 9.17) is 4.74 Å². The first-order chi connectivity index (χ1) is 5.81. The number of halogens is 1. The first kappa shape index (κ1) is 8.25. The lowest BCUT2D eigenvalue weighted by molar-refractivity contribution is 0.420. The Balaban J connectivity index is 2.78. The molecule has 1 aromatic carbocycles. The molecule has 0 aliphatic heterocycles. The first-order valence-corrected chi connectivity index (χ1v) is 5.30. The molecule has 0 bridgehead atoms. The van der Waals surface area contributed by atoms with Gasteiger partial charge in [0.15, 0.2) is 3.01 Å². The number of nitrogens with zero attached hydrogens (tertiary/aromatic N) is 1. The Hall–Kier alpha value is -0.360. The maximum atomic E-state index is 5.21. The van der Waals surface area contributed by atoms with Crippen molar-refractivity contribution in [1.82, 2.24) is 4.98 Å². The number of hydrogen-bond donors (Lipinski definition) is 0. The molecule has 0 radical (unpaired) electrons. The standard InChI is InChI=1S/C8H6INOS/c1-11-6-4-2-3-5-7(6)12-8(9)10-5/h2-4H,1H3. The molecule has 0 aliphatic carbocycles. The number of aromatic nitrogens is 1. The number of ether oxygens (including phenoxy) is 1. The van der Waals surface area contributed by atoms with Gasteiger partial charge in [0.1, 0.15) is 5.75 Å². The van der Waals surface area contributed by atoms with Crippen LogP contribution in [0.4, 0.5) is 0 Å². The topological polar surface area (TPSA) is 22.1 Å². The van der Waals surface area contributed by atoms with E-state index in [-0.39, 0.29) is 0 Å². The van der Waals surface area contributed by atoms with Gasteiger partial charge in [-0.05, 0) is 34.7 Å². The second kappa shape index (κ2) is 3.18. The average molecular weight is 291 g/mol. The molecule has 0 atom stereocenters. The third-order valence-corrected chi connectivity index (χ3v) is 3.35. The van der Waals surface area contributed by atoms with Gasteiger partial charge in [-0.2, -0.15) is 0 Å². The summed E-state index contributed by atoms with van der Waals surface area (Å²) in [5, 5.41) is 0. The van der Waals surface area contributed by atoms with Gasteiger partial charge in [0, 0.05) is 0 Å². The highest BCUT2D eigenvalue weighted by Gasteiger charge is 2.05. The Kier molecular flexibility index (Phi) is 2.18. The van der Waals surface area contributed by atoms with E-state index in [1.54, 1.807) is 18.4 Å². The van der Waals surface area contributed by atoms with Crippen molar-refractivity contribution >= 4 is 44.1 Å². The smallest absolute Gasteiger partial charge is 0.155 e. The van der Waals surface area contributed by atoms with Crippen LogP contribution in [0.25, 0.3) is 10.2 Å². The van der Waals surface area contributed by atoms with Crippen molar-refractivity contribution < 1.29 is 4.74 Å². The van der Waals surface area contributed by atoms with Crippen LogP contribution in [-0.2, 0) is 0 Å². The molecule has 2 aromatic rings. The van der Waals surface area contributed by atoms with Gasteiger partial charge in [0.25, 0.3) is 0 Å². The van der Waals surface area contributed by atoms with Gasteiger partial charge >= 0.3 is 0 Å². The summed E-state index contributed by atoms with van der Waals surface area (Å²) in [4.78, 5) is 4.35. The minimum atomic E-state index is 0.910. The summed E-state index contributed by atoms with van der Waals surface area (Å²) >= 11 is 3.87. The summed E-state index contributed by atoms with van der Waals surface area (Å²) in [5.74, 6) is 0.910. The van der Waals surface area contributed by atoms with Gasteiger partial charge in [-0.15, -0.1) is 11.3 Å². The molecule has 0 saturated carbocycles. The van der Waals surface area contributed by atoms with E-state index >= 15 is 0 Å². The van der Waals surface area contributed by atoms with Crippen molar-refractivity contribution in [2.75, 3.05) is 7.11 Å². The fourth-order valence-corrected chi connectivity index (χ4v) is 2.76. The molecule has 0 fully saturated rings. The van der Waals surface area contributed by atoms with Crippen molar-refractivity contribution in [3.63, 3.8) is 0 Å². The summed E-state index contributed by atoms with van der Waals surface area (Å²) < 4.78 is 7.39. The Bertz CT molecular complexity index is 412. The molecule has 0 amide bonds. The van der Waals surface area contributed by atoms with E-state index in [1.165, 1.54) is 0 Å². The Morgan fingerprint density at radius 3 is 3.08 bits per heavy atom. The molecule has 12 heavy (non-hydrogen) atoms. The third-order valence-electron chi connectivity index (χ3n) is 1.57. The zero-order valence-corrected chi connectivity index (χ0v) is 9.35. The predicted octanol–water partition coefficient (Wildman–Crippen LogP) is 2.91. The quantitative estimate of drug-likeness (QED) is 0.754. The second-order valence-electron chi connectivity index (χ2n) is 2.28. The van der Waals surface area contributed by atoms with Crippen LogP contribution in [0.2, 0.25) is 0 Å². The van der Waals surface area contributed by atoms with Crippen LogP contribution in [0.1, 0.15) is 0 Å². The van der Waals surface area contributed by atoms with Crippen LogP contribution in [0.3, 0.4) is 0 Å². The van der Waals surface area contributed by atoms with E-state index in [1.807, 2.05) is 18.2 Å². The van der Waals surface area contributed by atoms with Gasteiger partial charge in [0.2, 0.25) is 0 Å². The van der Waals surface area contributed by atoms with Crippen molar-refractivity contribution in [1.29, 1.82) is 0 Å². The minimum absolute atomic E-state index is 0.910. The van der Waals surface area contributed by atoms with Crippen molar-refractivity contribution in [3.8, 4) is 5.75 Å². The normalized spacial score (nSPS) is 10.5. The maximum Gasteiger partial charge on any atom is 0.155 e. The van der Waals surface area contributed by atoms with E-state index in [0.717, 1.165) is 19.0 Å². The molecule has 0 aliphatic rings. The summed E-state index contributed by atoms with van der Waals surface area (Å²) in [6, 6.07) is 5.91. The lowest BCUT2D eigenvalue weighted by Gasteiger charge is -1.97. The fraction of sp³-hybridized carbons (Fsp3) is 0.125. The van der Waals surface area contributed by atoms with Crippen LogP contribution in [0.5, 0.6) is 5.75 Å². The largest absolute Gasteiger partial charge is 0.495 e. The van der Waals surface area contributed by atoms with Crippen molar-refractivity contribution in [2.24, 2.45) is 0 Å². The number of methoxy groups -OCH3 is 1. The maximum absolute atomic E-state index is 5.21. The number of thiazole rings is 1. The van der Waals surface area contributed by atoms with Crippen LogP contribution >= 0.6 is 33.9 Å². The number of hydrogen-bond acceptors (Lipinski definition) is 3. The number of benzene rings is 1. The first-order valence-electron chi connectivity index (χ1n) is 3.40. The van der Waals surface area contributed by atoms with Crippen LogP contribution in [0.15, 0.2) is 18.2 Å². The highest BCUT2D eigenvalue weighted by atomic mass is 127. The Morgan fingerprint density at radius 1 is 1.50 bits per heavy atom. The van der Waals surface area contributed by atoms with Gasteiger partial charge in [0.05, 0.1) is 17.3 Å². The molecule has 1 heterocycles. The van der Waals surface area contributed by atoms with Crippen LogP contribution in [0, 0.1) is 3.01 Å². The van der Waals surface area contributed by atoms with E-state index < -0.39 is 0 Å². The van der Waals surface area contributed by atoms with Crippen LogP contribution in [-0.4, -0.2) is 12.1 Å². The summed E-state index contributed by atoms with van der Waals surface area (Å²) in [6.07, 6.45) is 0.